The zero-order chi connectivity index (χ0) is 13.4. The first-order valence-electron chi connectivity index (χ1n) is 6.31. The van der Waals surface area contributed by atoms with Crippen molar-refractivity contribution in [3.8, 4) is 5.75 Å². The van der Waals surface area contributed by atoms with Crippen LogP contribution >= 0.6 is 0 Å². The molecule has 0 aromatic heterocycles. The molecule has 0 radical (unpaired) electrons. The Balaban J connectivity index is 1.99. The number of hydrogen-bond acceptors (Lipinski definition) is 1. The first-order chi connectivity index (χ1) is 9.19. The van der Waals surface area contributed by atoms with Crippen molar-refractivity contribution >= 4 is 17.6 Å². The number of hydrogen-bond donors (Lipinski definition) is 0. The van der Waals surface area contributed by atoms with Gasteiger partial charge in [0.1, 0.15) is 5.82 Å². The zero-order valence-corrected chi connectivity index (χ0v) is 10.6. The van der Waals surface area contributed by atoms with E-state index >= 15 is 0 Å². The number of ether oxygens (including phenoxy) is 1. The summed E-state index contributed by atoms with van der Waals surface area (Å²) >= 11 is 0. The molecule has 0 N–H and O–H groups in total. The molecule has 0 saturated carbocycles. The smallest absolute Gasteiger partial charge is 0.210 e. The van der Waals surface area contributed by atoms with E-state index in [4.69, 9.17) is 4.74 Å². The number of halogens is 2. The largest absolute Gasteiger partial charge is 0.494 e. The standard InChI is InChI=1S/C15H13BF2O/c1-19-15-5-2-11(9-14(15)18)16-7-6-10-8-12(17)3-4-13(10)16/h2-5,8-9H,6-7H2,1H3. The van der Waals surface area contributed by atoms with Crippen molar-refractivity contribution in [1.82, 2.24) is 0 Å². The highest BCUT2D eigenvalue weighted by Crippen LogP contribution is 2.19. The van der Waals surface area contributed by atoms with Crippen molar-refractivity contribution < 1.29 is 13.5 Å². The van der Waals surface area contributed by atoms with Crippen LogP contribution in [-0.4, -0.2) is 13.8 Å². The van der Waals surface area contributed by atoms with Gasteiger partial charge in [-0.2, -0.15) is 0 Å². The Morgan fingerprint density at radius 2 is 1.95 bits per heavy atom. The van der Waals surface area contributed by atoms with Crippen molar-refractivity contribution in [1.29, 1.82) is 0 Å². The fourth-order valence-electron chi connectivity index (χ4n) is 2.83. The van der Waals surface area contributed by atoms with E-state index in [1.807, 2.05) is 12.1 Å². The van der Waals surface area contributed by atoms with E-state index in [2.05, 4.69) is 0 Å². The van der Waals surface area contributed by atoms with Gasteiger partial charge in [0.15, 0.2) is 11.6 Å². The zero-order valence-electron chi connectivity index (χ0n) is 10.6. The lowest BCUT2D eigenvalue weighted by Crippen LogP contribution is -2.39. The molecular formula is C15H13BF2O. The summed E-state index contributed by atoms with van der Waals surface area (Å²) in [6.45, 7) is 0.149. The summed E-state index contributed by atoms with van der Waals surface area (Å²) in [4.78, 5) is 0. The van der Waals surface area contributed by atoms with Crippen LogP contribution in [0.2, 0.25) is 6.32 Å². The summed E-state index contributed by atoms with van der Waals surface area (Å²) in [5, 5.41) is 0. The van der Waals surface area contributed by atoms with E-state index in [-0.39, 0.29) is 24.1 Å². The van der Waals surface area contributed by atoms with Gasteiger partial charge >= 0.3 is 0 Å². The molecule has 96 valence electrons. The third-order valence-electron chi connectivity index (χ3n) is 3.76. The van der Waals surface area contributed by atoms with E-state index in [1.165, 1.54) is 19.2 Å². The second kappa shape index (κ2) is 4.69. The van der Waals surface area contributed by atoms with Gasteiger partial charge in [-0.25, -0.2) is 8.78 Å². The molecule has 1 aliphatic heterocycles. The molecule has 1 nitrogen and oxygen atoms in total. The van der Waals surface area contributed by atoms with Gasteiger partial charge in [0, 0.05) is 0 Å². The number of methoxy groups -OCH3 is 1. The van der Waals surface area contributed by atoms with Gasteiger partial charge in [0.2, 0.25) is 6.71 Å². The first kappa shape index (κ1) is 12.2. The summed E-state index contributed by atoms with van der Waals surface area (Å²) in [7, 11) is 1.45. The highest BCUT2D eigenvalue weighted by Gasteiger charge is 2.28. The first-order valence-corrected chi connectivity index (χ1v) is 6.31. The molecule has 0 bridgehead atoms. The predicted molar refractivity (Wildman–Crippen MR) is 72.9 cm³/mol. The minimum atomic E-state index is -0.351. The molecule has 4 heteroatoms. The van der Waals surface area contributed by atoms with Gasteiger partial charge < -0.3 is 4.74 Å². The molecule has 19 heavy (non-hydrogen) atoms. The number of benzene rings is 2. The topological polar surface area (TPSA) is 9.23 Å². The maximum Gasteiger partial charge on any atom is 0.210 e. The highest BCUT2D eigenvalue weighted by atomic mass is 19.1. The van der Waals surface area contributed by atoms with Crippen LogP contribution < -0.4 is 15.7 Å². The number of rotatable bonds is 2. The third kappa shape index (κ3) is 2.11. The molecule has 1 aliphatic rings. The molecule has 0 saturated heterocycles. The van der Waals surface area contributed by atoms with Gasteiger partial charge in [-0.05, 0) is 30.7 Å². The van der Waals surface area contributed by atoms with Crippen molar-refractivity contribution in [2.45, 2.75) is 12.7 Å². The average molecular weight is 258 g/mol. The molecule has 0 aliphatic carbocycles. The molecule has 0 amide bonds. The lowest BCUT2D eigenvalue weighted by molar-refractivity contribution is 0.387. The molecule has 0 fully saturated rings. The minimum absolute atomic E-state index is 0.149. The van der Waals surface area contributed by atoms with Crippen molar-refractivity contribution in [3.05, 3.63) is 53.6 Å². The van der Waals surface area contributed by atoms with Gasteiger partial charge in [0.05, 0.1) is 7.11 Å². The van der Waals surface area contributed by atoms with Crippen LogP contribution in [0.15, 0.2) is 36.4 Å². The Morgan fingerprint density at radius 1 is 1.11 bits per heavy atom. The Labute approximate surface area is 111 Å². The lowest BCUT2D eigenvalue weighted by Gasteiger charge is -2.10. The Kier molecular flexibility index (Phi) is 3.01. The highest BCUT2D eigenvalue weighted by molar-refractivity contribution is 6.86. The summed E-state index contributed by atoms with van der Waals surface area (Å²) < 4.78 is 31.9. The Morgan fingerprint density at radius 3 is 2.68 bits per heavy atom. The van der Waals surface area contributed by atoms with E-state index < -0.39 is 0 Å². The maximum absolute atomic E-state index is 13.8. The van der Waals surface area contributed by atoms with Crippen LogP contribution in [-0.2, 0) is 6.42 Å². The van der Waals surface area contributed by atoms with Crippen molar-refractivity contribution in [3.63, 3.8) is 0 Å². The molecule has 1 heterocycles. The summed E-state index contributed by atoms with van der Waals surface area (Å²) in [5.41, 5.74) is 3.05. The van der Waals surface area contributed by atoms with Crippen LogP contribution in [0.1, 0.15) is 5.56 Å². The normalized spacial score (nSPS) is 13.5. The summed E-state index contributed by atoms with van der Waals surface area (Å²) in [5.74, 6) is -0.308. The van der Waals surface area contributed by atoms with E-state index in [1.54, 1.807) is 12.1 Å². The Bertz CT molecular complexity index is 628. The van der Waals surface area contributed by atoms with Crippen LogP contribution in [0.3, 0.4) is 0 Å². The van der Waals surface area contributed by atoms with Crippen molar-refractivity contribution in [2.75, 3.05) is 7.11 Å². The second-order valence-corrected chi connectivity index (χ2v) is 4.83. The predicted octanol–water partition coefficient (Wildman–Crippen LogP) is 2.14. The summed E-state index contributed by atoms with van der Waals surface area (Å²) in [6, 6.07) is 9.90. The molecule has 2 aromatic carbocycles. The van der Waals surface area contributed by atoms with E-state index in [0.717, 1.165) is 29.2 Å². The quantitative estimate of drug-likeness (QED) is 0.750. The van der Waals surface area contributed by atoms with Gasteiger partial charge in [-0.3, -0.25) is 0 Å². The fourth-order valence-corrected chi connectivity index (χ4v) is 2.83. The maximum atomic E-state index is 13.8. The lowest BCUT2D eigenvalue weighted by atomic mass is 9.41. The average Bonchev–Trinajstić information content (AvgIpc) is 2.81. The molecule has 0 spiro atoms. The fraction of sp³-hybridized carbons (Fsp3) is 0.200. The minimum Gasteiger partial charge on any atom is -0.494 e. The summed E-state index contributed by atoms with van der Waals surface area (Å²) in [6.07, 6.45) is 1.73. The molecule has 0 atom stereocenters. The van der Waals surface area contributed by atoms with Gasteiger partial charge in [-0.1, -0.05) is 34.9 Å². The number of aryl methyl sites for hydroxylation is 1. The molecule has 2 aromatic rings. The van der Waals surface area contributed by atoms with E-state index in [0.29, 0.717) is 0 Å². The molecule has 0 unspecified atom stereocenters. The van der Waals surface area contributed by atoms with Crippen molar-refractivity contribution in [2.24, 2.45) is 0 Å². The Hall–Kier alpha value is -1.84. The third-order valence-corrected chi connectivity index (χ3v) is 3.76. The SMILES string of the molecule is COc1ccc(B2CCc3cc(F)ccc32)cc1F. The van der Waals surface area contributed by atoms with Crippen LogP contribution in [0.4, 0.5) is 8.78 Å². The van der Waals surface area contributed by atoms with Gasteiger partial charge in [-0.15, -0.1) is 0 Å². The van der Waals surface area contributed by atoms with Crippen LogP contribution in [0.5, 0.6) is 5.75 Å². The van der Waals surface area contributed by atoms with Crippen LogP contribution in [0.25, 0.3) is 0 Å². The second-order valence-electron chi connectivity index (χ2n) is 4.83. The molecular weight excluding hydrogens is 245 g/mol. The molecule has 3 rings (SSSR count). The van der Waals surface area contributed by atoms with Gasteiger partial charge in [0.25, 0.3) is 0 Å². The van der Waals surface area contributed by atoms with Crippen LogP contribution in [0, 0.1) is 11.6 Å². The van der Waals surface area contributed by atoms with E-state index in [9.17, 15) is 8.78 Å². The number of fused-ring (bicyclic) bond motifs is 1. The monoisotopic (exact) mass is 258 g/mol.